The highest BCUT2D eigenvalue weighted by atomic mass is 32.2. The molecule has 0 aromatic heterocycles. The Kier molecular flexibility index (Phi) is 3.32. The molecular weight excluding hydrogens is 316 g/mol. The van der Waals surface area contributed by atoms with Crippen molar-refractivity contribution in [1.82, 2.24) is 0 Å². The summed E-state index contributed by atoms with van der Waals surface area (Å²) in [5.74, 6) is -2.94. The topological polar surface area (TPSA) is 72.5 Å². The molecule has 0 unspecified atom stereocenters. The number of carbonyl (C=O) groups excluding carboxylic acids is 1. The Morgan fingerprint density at radius 1 is 1.05 bits per heavy atom. The first kappa shape index (κ1) is 14.5. The number of fused-ring (bicyclic) bond motifs is 1. The highest BCUT2D eigenvalue weighted by molar-refractivity contribution is 7.92. The maximum absolute atomic E-state index is 13.2. The van der Waals surface area contributed by atoms with E-state index in [4.69, 9.17) is 4.74 Å². The summed E-state index contributed by atoms with van der Waals surface area (Å²) in [4.78, 5) is 11.0. The fourth-order valence-corrected chi connectivity index (χ4v) is 3.10. The first-order chi connectivity index (χ1) is 10.4. The Balaban J connectivity index is 1.93. The molecule has 0 saturated carbocycles. The molecule has 2 aromatic carbocycles. The van der Waals surface area contributed by atoms with E-state index in [1.54, 1.807) is 6.07 Å². The number of anilines is 1. The number of esters is 1. The molecule has 8 heteroatoms. The fourth-order valence-electron chi connectivity index (χ4n) is 2.03. The van der Waals surface area contributed by atoms with Gasteiger partial charge in [-0.3, -0.25) is 4.72 Å². The molecule has 5 nitrogen and oxygen atoms in total. The second-order valence-electron chi connectivity index (χ2n) is 4.63. The zero-order valence-corrected chi connectivity index (χ0v) is 11.8. The minimum Gasteiger partial charge on any atom is -0.457 e. The van der Waals surface area contributed by atoms with Crippen LogP contribution in [0.1, 0.15) is 15.9 Å². The van der Waals surface area contributed by atoms with Crippen molar-refractivity contribution in [3.8, 4) is 0 Å². The van der Waals surface area contributed by atoms with Crippen LogP contribution in [0.25, 0.3) is 0 Å². The monoisotopic (exact) mass is 325 g/mol. The van der Waals surface area contributed by atoms with Crippen molar-refractivity contribution in [3.05, 3.63) is 59.2 Å². The quantitative estimate of drug-likeness (QED) is 0.880. The summed E-state index contributed by atoms with van der Waals surface area (Å²) in [6.07, 6.45) is 0. The largest absolute Gasteiger partial charge is 0.457 e. The van der Waals surface area contributed by atoms with Crippen molar-refractivity contribution in [1.29, 1.82) is 0 Å². The molecule has 3 rings (SSSR count). The van der Waals surface area contributed by atoms with Crippen molar-refractivity contribution in [2.75, 3.05) is 4.72 Å². The van der Waals surface area contributed by atoms with Gasteiger partial charge in [0.15, 0.2) is 11.6 Å². The summed E-state index contributed by atoms with van der Waals surface area (Å²) in [7, 11) is -4.10. The van der Waals surface area contributed by atoms with Gasteiger partial charge in [-0.25, -0.2) is 22.0 Å². The number of benzene rings is 2. The average Bonchev–Trinajstić information content (AvgIpc) is 2.83. The molecule has 0 aliphatic carbocycles. The van der Waals surface area contributed by atoms with Crippen LogP contribution in [-0.2, 0) is 21.4 Å². The summed E-state index contributed by atoms with van der Waals surface area (Å²) >= 11 is 0. The zero-order valence-electron chi connectivity index (χ0n) is 11.0. The molecule has 0 fully saturated rings. The van der Waals surface area contributed by atoms with Crippen molar-refractivity contribution in [2.24, 2.45) is 0 Å². The van der Waals surface area contributed by atoms with Crippen LogP contribution in [0.15, 0.2) is 41.3 Å². The van der Waals surface area contributed by atoms with Gasteiger partial charge in [-0.15, -0.1) is 0 Å². The second kappa shape index (κ2) is 5.06. The lowest BCUT2D eigenvalue weighted by molar-refractivity contribution is 0.0535. The predicted molar refractivity (Wildman–Crippen MR) is 72.7 cm³/mol. The third-order valence-corrected chi connectivity index (χ3v) is 4.52. The van der Waals surface area contributed by atoms with Crippen LogP contribution in [-0.4, -0.2) is 14.4 Å². The van der Waals surface area contributed by atoms with Gasteiger partial charge in [0.1, 0.15) is 6.61 Å². The van der Waals surface area contributed by atoms with Crippen LogP contribution in [0.3, 0.4) is 0 Å². The molecule has 114 valence electrons. The molecule has 1 aliphatic rings. The number of cyclic esters (lactones) is 1. The molecule has 0 bridgehead atoms. The van der Waals surface area contributed by atoms with Crippen molar-refractivity contribution < 1.29 is 26.7 Å². The summed E-state index contributed by atoms with van der Waals surface area (Å²) < 4.78 is 57.3. The molecule has 2 aromatic rings. The van der Waals surface area contributed by atoms with Crippen LogP contribution >= 0.6 is 0 Å². The summed E-state index contributed by atoms with van der Waals surface area (Å²) in [5, 5.41) is 0. The van der Waals surface area contributed by atoms with Gasteiger partial charge in [-0.2, -0.15) is 0 Å². The lowest BCUT2D eigenvalue weighted by Crippen LogP contribution is -2.13. The van der Waals surface area contributed by atoms with Crippen molar-refractivity contribution in [3.63, 3.8) is 0 Å². The second-order valence-corrected chi connectivity index (χ2v) is 6.31. The van der Waals surface area contributed by atoms with E-state index < -0.39 is 32.5 Å². The minimum absolute atomic E-state index is 0.127. The lowest BCUT2D eigenvalue weighted by Gasteiger charge is -2.09. The predicted octanol–water partition coefficient (Wildman–Crippen LogP) is 2.44. The van der Waals surface area contributed by atoms with Crippen LogP contribution < -0.4 is 4.72 Å². The van der Waals surface area contributed by atoms with Gasteiger partial charge >= 0.3 is 5.97 Å². The molecule has 22 heavy (non-hydrogen) atoms. The number of sulfonamides is 1. The van der Waals surface area contributed by atoms with Crippen LogP contribution in [0.4, 0.5) is 14.5 Å². The van der Waals surface area contributed by atoms with E-state index in [2.05, 4.69) is 4.72 Å². The summed E-state index contributed by atoms with van der Waals surface area (Å²) in [5.41, 5.74) is 1.05. The molecule has 1 N–H and O–H groups in total. The van der Waals surface area contributed by atoms with Crippen LogP contribution in [0, 0.1) is 11.6 Å². The third-order valence-electron chi connectivity index (χ3n) is 3.14. The minimum atomic E-state index is -4.10. The standard InChI is InChI=1S/C14H9F2NO4S/c15-12-4-3-10(6-13(12)16)22(19,20)17-9-2-1-8-7-21-14(18)11(8)5-9/h1-6,17H,7H2. The molecule has 0 saturated heterocycles. The Labute approximate surface area is 124 Å². The van der Waals surface area contributed by atoms with Crippen molar-refractivity contribution >= 4 is 21.7 Å². The molecular formula is C14H9F2NO4S. The highest BCUT2D eigenvalue weighted by Gasteiger charge is 2.23. The number of rotatable bonds is 3. The van der Waals surface area contributed by atoms with Gasteiger partial charge in [-0.1, -0.05) is 6.07 Å². The van der Waals surface area contributed by atoms with E-state index >= 15 is 0 Å². The molecule has 0 spiro atoms. The fraction of sp³-hybridized carbons (Fsp3) is 0.0714. The van der Waals surface area contributed by atoms with E-state index in [0.29, 0.717) is 11.6 Å². The lowest BCUT2D eigenvalue weighted by atomic mass is 10.1. The first-order valence-corrected chi connectivity index (χ1v) is 7.63. The number of halogens is 2. The van der Waals surface area contributed by atoms with E-state index in [0.717, 1.165) is 12.1 Å². The van der Waals surface area contributed by atoms with Crippen LogP contribution in [0.2, 0.25) is 0 Å². The normalized spacial score (nSPS) is 13.6. The summed E-state index contributed by atoms with van der Waals surface area (Å²) in [6, 6.07) is 6.61. The first-order valence-electron chi connectivity index (χ1n) is 6.15. The number of hydrogen-bond donors (Lipinski definition) is 1. The number of nitrogens with one attached hydrogen (secondary N) is 1. The Morgan fingerprint density at radius 3 is 2.55 bits per heavy atom. The molecule has 1 aliphatic heterocycles. The van der Waals surface area contributed by atoms with Gasteiger partial charge < -0.3 is 4.74 Å². The zero-order chi connectivity index (χ0) is 15.9. The molecule has 0 radical (unpaired) electrons. The van der Waals surface area contributed by atoms with Crippen LogP contribution in [0.5, 0.6) is 0 Å². The van der Waals surface area contributed by atoms with Gasteiger partial charge in [0.2, 0.25) is 0 Å². The average molecular weight is 325 g/mol. The summed E-state index contributed by atoms with van der Waals surface area (Å²) in [6.45, 7) is 0.143. The molecule has 1 heterocycles. The number of ether oxygens (including phenoxy) is 1. The smallest absolute Gasteiger partial charge is 0.338 e. The Morgan fingerprint density at radius 2 is 1.82 bits per heavy atom. The van der Waals surface area contributed by atoms with Gasteiger partial charge in [-0.05, 0) is 30.3 Å². The van der Waals surface area contributed by atoms with Gasteiger partial charge in [0, 0.05) is 11.3 Å². The molecule has 0 amide bonds. The van der Waals surface area contributed by atoms with E-state index in [1.165, 1.54) is 12.1 Å². The Bertz CT molecular complexity index is 880. The maximum atomic E-state index is 13.2. The SMILES string of the molecule is O=C1OCc2ccc(NS(=O)(=O)c3ccc(F)c(F)c3)cc21. The van der Waals surface area contributed by atoms with Crippen molar-refractivity contribution in [2.45, 2.75) is 11.5 Å². The Hall–Kier alpha value is -2.48. The van der Waals surface area contributed by atoms with Gasteiger partial charge in [0.25, 0.3) is 10.0 Å². The van der Waals surface area contributed by atoms with E-state index in [-0.39, 0.29) is 17.9 Å². The number of carbonyl (C=O) groups is 1. The van der Waals surface area contributed by atoms with E-state index in [9.17, 15) is 22.0 Å². The maximum Gasteiger partial charge on any atom is 0.338 e. The highest BCUT2D eigenvalue weighted by Crippen LogP contribution is 2.25. The molecule has 0 atom stereocenters. The van der Waals surface area contributed by atoms with E-state index in [1.807, 2.05) is 0 Å². The number of hydrogen-bond acceptors (Lipinski definition) is 4. The van der Waals surface area contributed by atoms with Gasteiger partial charge in [0.05, 0.1) is 10.5 Å². The third kappa shape index (κ3) is 2.52.